The molecule has 0 aromatic rings. The van der Waals surface area contributed by atoms with Crippen LogP contribution in [0.1, 0.15) is 34.6 Å². The summed E-state index contributed by atoms with van der Waals surface area (Å²) in [5.74, 6) is 0. The highest BCUT2D eigenvalue weighted by Crippen LogP contribution is 2.19. The zero-order chi connectivity index (χ0) is 13.0. The molecule has 0 aromatic carbocycles. The Morgan fingerprint density at radius 3 is 1.81 bits per heavy atom. The molecule has 1 N–H and O–H groups in total. The van der Waals surface area contributed by atoms with E-state index in [0.717, 1.165) is 0 Å². The third kappa shape index (κ3) is 10.2. The summed E-state index contributed by atoms with van der Waals surface area (Å²) in [5.41, 5.74) is -0.347. The molecule has 0 fully saturated rings. The van der Waals surface area contributed by atoms with E-state index in [1.807, 2.05) is 34.6 Å². The van der Waals surface area contributed by atoms with Gasteiger partial charge in [-0.1, -0.05) is 13.8 Å². The summed E-state index contributed by atoms with van der Waals surface area (Å²) in [6, 6.07) is 0. The molecule has 0 atom stereocenters. The van der Waals surface area contributed by atoms with Crippen LogP contribution in [-0.2, 0) is 4.74 Å². The van der Waals surface area contributed by atoms with E-state index in [2.05, 4.69) is 10.1 Å². The second kappa shape index (κ2) is 5.36. The van der Waals surface area contributed by atoms with Gasteiger partial charge in [-0.15, -0.1) is 0 Å². The number of hydrogen-bond acceptors (Lipinski definition) is 2. The summed E-state index contributed by atoms with van der Waals surface area (Å²) >= 11 is 0. The first-order chi connectivity index (χ1) is 6.91. The average molecular weight is 241 g/mol. The number of hydrogen-bond donors (Lipinski definition) is 1. The zero-order valence-electron chi connectivity index (χ0n) is 10.7. The van der Waals surface area contributed by atoms with Crippen LogP contribution in [0.5, 0.6) is 0 Å². The Morgan fingerprint density at radius 1 is 0.938 bits per heavy atom. The molecular formula is C11H22F3NO. The molecule has 98 valence electrons. The standard InChI is InChI=1S/C11H22F3NO/c1-9(2,3)15-6-10(4,5)7-16-8-11(12,13)14/h15H,6-8H2,1-5H3. The van der Waals surface area contributed by atoms with E-state index in [0.29, 0.717) is 6.54 Å². The average Bonchev–Trinajstić information content (AvgIpc) is 1.97. The van der Waals surface area contributed by atoms with Crippen LogP contribution in [0.2, 0.25) is 0 Å². The maximum atomic E-state index is 11.9. The minimum Gasteiger partial charge on any atom is -0.371 e. The molecule has 2 nitrogen and oxygen atoms in total. The molecule has 0 aliphatic heterocycles. The van der Waals surface area contributed by atoms with Gasteiger partial charge in [-0.2, -0.15) is 13.2 Å². The highest BCUT2D eigenvalue weighted by atomic mass is 19.4. The van der Waals surface area contributed by atoms with Crippen LogP contribution in [-0.4, -0.2) is 31.5 Å². The van der Waals surface area contributed by atoms with Crippen molar-refractivity contribution in [3.8, 4) is 0 Å². The Kier molecular flexibility index (Phi) is 5.26. The van der Waals surface area contributed by atoms with Crippen LogP contribution in [0.3, 0.4) is 0 Å². The van der Waals surface area contributed by atoms with E-state index < -0.39 is 12.8 Å². The fourth-order valence-electron chi connectivity index (χ4n) is 0.999. The molecule has 0 radical (unpaired) electrons. The van der Waals surface area contributed by atoms with Crippen molar-refractivity contribution in [1.29, 1.82) is 0 Å². The minimum absolute atomic E-state index is 0.0404. The Morgan fingerprint density at radius 2 is 1.44 bits per heavy atom. The van der Waals surface area contributed by atoms with Gasteiger partial charge in [0.1, 0.15) is 6.61 Å². The van der Waals surface area contributed by atoms with Crippen molar-refractivity contribution in [1.82, 2.24) is 5.32 Å². The first-order valence-corrected chi connectivity index (χ1v) is 5.31. The number of alkyl halides is 3. The van der Waals surface area contributed by atoms with Gasteiger partial charge in [-0.05, 0) is 20.8 Å². The predicted molar refractivity (Wildman–Crippen MR) is 58.4 cm³/mol. The zero-order valence-corrected chi connectivity index (χ0v) is 10.7. The van der Waals surface area contributed by atoms with Crippen molar-refractivity contribution in [2.24, 2.45) is 5.41 Å². The summed E-state index contributed by atoms with van der Waals surface area (Å²) in [6.45, 7) is 9.33. The molecule has 0 rings (SSSR count). The minimum atomic E-state index is -4.24. The quantitative estimate of drug-likeness (QED) is 0.799. The van der Waals surface area contributed by atoms with Gasteiger partial charge in [0.25, 0.3) is 0 Å². The maximum Gasteiger partial charge on any atom is 0.411 e. The van der Waals surface area contributed by atoms with Gasteiger partial charge >= 0.3 is 6.18 Å². The van der Waals surface area contributed by atoms with Crippen molar-refractivity contribution in [3.63, 3.8) is 0 Å². The predicted octanol–water partition coefficient (Wildman–Crippen LogP) is 2.98. The SMILES string of the molecule is CC(C)(CNC(C)(C)C)COCC(F)(F)F. The first-order valence-electron chi connectivity index (χ1n) is 5.31. The smallest absolute Gasteiger partial charge is 0.371 e. The van der Waals surface area contributed by atoms with Gasteiger partial charge in [-0.25, -0.2) is 0 Å². The van der Waals surface area contributed by atoms with Crippen LogP contribution in [0.4, 0.5) is 13.2 Å². The monoisotopic (exact) mass is 241 g/mol. The van der Waals surface area contributed by atoms with Crippen molar-refractivity contribution >= 4 is 0 Å². The van der Waals surface area contributed by atoms with Crippen LogP contribution < -0.4 is 5.32 Å². The van der Waals surface area contributed by atoms with Crippen molar-refractivity contribution in [2.45, 2.75) is 46.3 Å². The van der Waals surface area contributed by atoms with Gasteiger partial charge in [0.15, 0.2) is 0 Å². The Balaban J connectivity index is 3.88. The molecule has 0 saturated heterocycles. The van der Waals surface area contributed by atoms with E-state index in [1.165, 1.54) is 0 Å². The molecule has 0 saturated carbocycles. The van der Waals surface area contributed by atoms with Crippen molar-refractivity contribution in [2.75, 3.05) is 19.8 Å². The lowest BCUT2D eigenvalue weighted by Gasteiger charge is -2.30. The van der Waals surface area contributed by atoms with Gasteiger partial charge in [0.2, 0.25) is 0 Å². The third-order valence-electron chi connectivity index (χ3n) is 1.86. The second-order valence-electron chi connectivity index (χ2n) is 5.88. The molecular weight excluding hydrogens is 219 g/mol. The van der Waals surface area contributed by atoms with Crippen molar-refractivity contribution in [3.05, 3.63) is 0 Å². The molecule has 5 heteroatoms. The summed E-state index contributed by atoms with van der Waals surface area (Å²) in [7, 11) is 0. The Bertz CT molecular complexity index is 206. The molecule has 0 spiro atoms. The lowest BCUT2D eigenvalue weighted by molar-refractivity contribution is -0.179. The maximum absolute atomic E-state index is 11.9. The van der Waals surface area contributed by atoms with E-state index in [9.17, 15) is 13.2 Å². The van der Waals surface area contributed by atoms with Crippen molar-refractivity contribution < 1.29 is 17.9 Å². The molecule has 0 aromatic heterocycles. The van der Waals surface area contributed by atoms with Crippen LogP contribution >= 0.6 is 0 Å². The summed E-state index contributed by atoms with van der Waals surface area (Å²) in [6.07, 6.45) is -4.24. The normalized spacial score (nSPS) is 14.2. The lowest BCUT2D eigenvalue weighted by atomic mass is 9.93. The molecule has 0 amide bonds. The number of halogens is 3. The second-order valence-corrected chi connectivity index (χ2v) is 5.88. The highest BCUT2D eigenvalue weighted by molar-refractivity contribution is 4.78. The Labute approximate surface area is 95.5 Å². The lowest BCUT2D eigenvalue weighted by Crippen LogP contribution is -2.43. The highest BCUT2D eigenvalue weighted by Gasteiger charge is 2.29. The van der Waals surface area contributed by atoms with Gasteiger partial charge in [0.05, 0.1) is 6.61 Å². The summed E-state index contributed by atoms with van der Waals surface area (Å²) in [4.78, 5) is 0. The third-order valence-corrected chi connectivity index (χ3v) is 1.86. The largest absolute Gasteiger partial charge is 0.411 e. The van der Waals surface area contributed by atoms with E-state index in [4.69, 9.17) is 0 Å². The summed E-state index contributed by atoms with van der Waals surface area (Å²) < 4.78 is 40.3. The fourth-order valence-corrected chi connectivity index (χ4v) is 0.999. The molecule has 0 bridgehead atoms. The number of ether oxygens (including phenoxy) is 1. The molecule has 0 unspecified atom stereocenters. The molecule has 0 aliphatic carbocycles. The van der Waals surface area contributed by atoms with E-state index in [-0.39, 0.29) is 17.6 Å². The first kappa shape index (κ1) is 15.7. The Hall–Kier alpha value is -0.290. The molecule has 16 heavy (non-hydrogen) atoms. The molecule has 0 heterocycles. The number of nitrogens with one attached hydrogen (secondary N) is 1. The summed E-state index contributed by atoms with van der Waals surface area (Å²) in [5, 5.41) is 3.25. The van der Waals surface area contributed by atoms with Gasteiger partial charge in [-0.3, -0.25) is 0 Å². The van der Waals surface area contributed by atoms with E-state index >= 15 is 0 Å². The van der Waals surface area contributed by atoms with Crippen LogP contribution in [0.25, 0.3) is 0 Å². The van der Waals surface area contributed by atoms with E-state index in [1.54, 1.807) is 0 Å². The topological polar surface area (TPSA) is 21.3 Å². The number of rotatable bonds is 5. The van der Waals surface area contributed by atoms with Crippen LogP contribution in [0, 0.1) is 5.41 Å². The van der Waals surface area contributed by atoms with Crippen LogP contribution in [0.15, 0.2) is 0 Å². The van der Waals surface area contributed by atoms with Gasteiger partial charge < -0.3 is 10.1 Å². The van der Waals surface area contributed by atoms with Gasteiger partial charge in [0, 0.05) is 17.5 Å². The fraction of sp³-hybridized carbons (Fsp3) is 1.00. The molecule has 0 aliphatic rings.